The van der Waals surface area contributed by atoms with E-state index in [1.807, 2.05) is 48.5 Å². The number of benzene rings is 3. The molecule has 1 heterocycles. The summed E-state index contributed by atoms with van der Waals surface area (Å²) in [5.74, 6) is 0.801. The lowest BCUT2D eigenvalue weighted by molar-refractivity contribution is -0.385. The van der Waals surface area contributed by atoms with Crippen LogP contribution in [0.15, 0.2) is 76.2 Å². The summed E-state index contributed by atoms with van der Waals surface area (Å²) in [6, 6.07) is 20.4. The van der Waals surface area contributed by atoms with Gasteiger partial charge in [0, 0.05) is 17.8 Å². The first-order valence-electron chi connectivity index (χ1n) is 8.13. The van der Waals surface area contributed by atoms with Crippen LogP contribution in [0.3, 0.4) is 0 Å². The Morgan fingerprint density at radius 1 is 1.07 bits per heavy atom. The molecule has 0 amide bonds. The third-order valence-corrected chi connectivity index (χ3v) is 4.71. The number of aromatic amines is 1. The first-order valence-corrected chi connectivity index (χ1v) is 8.93. The summed E-state index contributed by atoms with van der Waals surface area (Å²) in [7, 11) is 0. The molecular formula is C20H13BrN4O2. The van der Waals surface area contributed by atoms with Crippen LogP contribution in [0.1, 0.15) is 5.56 Å². The fourth-order valence-electron chi connectivity index (χ4n) is 2.71. The predicted molar refractivity (Wildman–Crippen MR) is 110 cm³/mol. The molecule has 0 aliphatic carbocycles. The average Bonchev–Trinajstić information content (AvgIpc) is 3.11. The van der Waals surface area contributed by atoms with E-state index in [2.05, 4.69) is 30.9 Å². The lowest BCUT2D eigenvalue weighted by Crippen LogP contribution is -1.91. The Hall–Kier alpha value is -3.32. The second kappa shape index (κ2) is 7.13. The Balaban J connectivity index is 1.64. The molecule has 0 radical (unpaired) electrons. The van der Waals surface area contributed by atoms with Crippen molar-refractivity contribution in [3.8, 4) is 11.4 Å². The van der Waals surface area contributed by atoms with Gasteiger partial charge in [-0.25, -0.2) is 4.98 Å². The molecular weight excluding hydrogens is 408 g/mol. The number of halogens is 1. The largest absolute Gasteiger partial charge is 0.338 e. The standard InChI is InChI=1S/C20H13BrN4O2/c21-16-8-6-13(10-19(16)25(26)27)12-22-15-7-9-17-18(11-15)24-20(23-17)14-4-2-1-3-5-14/h1-12H,(H,23,24). The van der Waals surface area contributed by atoms with Crippen molar-refractivity contribution >= 4 is 44.6 Å². The van der Waals surface area contributed by atoms with Crippen molar-refractivity contribution in [2.45, 2.75) is 0 Å². The van der Waals surface area contributed by atoms with Gasteiger partial charge in [-0.05, 0) is 45.8 Å². The molecule has 1 N–H and O–H groups in total. The van der Waals surface area contributed by atoms with Crippen LogP contribution in [-0.2, 0) is 0 Å². The summed E-state index contributed by atoms with van der Waals surface area (Å²) in [6.07, 6.45) is 1.61. The van der Waals surface area contributed by atoms with E-state index in [9.17, 15) is 10.1 Å². The van der Waals surface area contributed by atoms with E-state index in [0.29, 0.717) is 10.0 Å². The number of rotatable bonds is 4. The average molecular weight is 421 g/mol. The summed E-state index contributed by atoms with van der Waals surface area (Å²) in [6.45, 7) is 0. The molecule has 0 spiro atoms. The zero-order valence-electron chi connectivity index (χ0n) is 14.0. The molecule has 0 fully saturated rings. The highest BCUT2D eigenvalue weighted by atomic mass is 79.9. The number of aliphatic imine (C=N–C) groups is 1. The van der Waals surface area contributed by atoms with Crippen LogP contribution in [0.4, 0.5) is 11.4 Å². The lowest BCUT2D eigenvalue weighted by Gasteiger charge is -1.98. The fourth-order valence-corrected chi connectivity index (χ4v) is 3.10. The molecule has 1 aromatic heterocycles. The number of H-pyrrole nitrogens is 1. The number of nitro benzene ring substituents is 1. The van der Waals surface area contributed by atoms with Crippen LogP contribution in [0, 0.1) is 10.1 Å². The van der Waals surface area contributed by atoms with Gasteiger partial charge in [0.1, 0.15) is 5.82 Å². The third-order valence-electron chi connectivity index (χ3n) is 4.04. The molecule has 0 unspecified atom stereocenters. The maximum atomic E-state index is 11.0. The number of nitrogens with one attached hydrogen (secondary N) is 1. The molecule has 6 nitrogen and oxygen atoms in total. The van der Waals surface area contributed by atoms with Gasteiger partial charge >= 0.3 is 0 Å². The van der Waals surface area contributed by atoms with Crippen LogP contribution in [0.5, 0.6) is 0 Å². The number of hydrogen-bond acceptors (Lipinski definition) is 4. The highest BCUT2D eigenvalue weighted by Crippen LogP contribution is 2.26. The Bertz CT molecular complexity index is 1170. The molecule has 3 aromatic carbocycles. The van der Waals surface area contributed by atoms with E-state index in [4.69, 9.17) is 0 Å². The van der Waals surface area contributed by atoms with Crippen molar-refractivity contribution < 1.29 is 4.92 Å². The SMILES string of the molecule is O=[N+]([O-])c1cc(C=Nc2ccc3nc(-c4ccccc4)[nH]c3c2)ccc1Br. The van der Waals surface area contributed by atoms with Gasteiger partial charge in [-0.1, -0.05) is 36.4 Å². The second-order valence-electron chi connectivity index (χ2n) is 5.88. The molecule has 0 bridgehead atoms. The zero-order chi connectivity index (χ0) is 18.8. The summed E-state index contributed by atoms with van der Waals surface area (Å²) in [5.41, 5.74) is 4.14. The van der Waals surface area contributed by atoms with Crippen LogP contribution in [0.2, 0.25) is 0 Å². The van der Waals surface area contributed by atoms with Gasteiger partial charge in [0.05, 0.1) is 26.1 Å². The van der Waals surface area contributed by atoms with E-state index in [1.54, 1.807) is 18.3 Å². The van der Waals surface area contributed by atoms with E-state index in [0.717, 1.165) is 28.1 Å². The highest BCUT2D eigenvalue weighted by Gasteiger charge is 2.11. The van der Waals surface area contributed by atoms with E-state index in [-0.39, 0.29) is 5.69 Å². The predicted octanol–water partition coefficient (Wildman–Crippen LogP) is 5.65. The van der Waals surface area contributed by atoms with E-state index >= 15 is 0 Å². The molecule has 0 saturated carbocycles. The molecule has 0 atom stereocenters. The highest BCUT2D eigenvalue weighted by molar-refractivity contribution is 9.10. The Morgan fingerprint density at radius 3 is 2.67 bits per heavy atom. The maximum absolute atomic E-state index is 11.0. The minimum atomic E-state index is -0.427. The van der Waals surface area contributed by atoms with Gasteiger partial charge in [0.25, 0.3) is 5.69 Å². The Labute approximate surface area is 162 Å². The number of nitrogens with zero attached hydrogens (tertiary/aromatic N) is 3. The van der Waals surface area contributed by atoms with Crippen molar-refractivity contribution in [2.24, 2.45) is 4.99 Å². The summed E-state index contributed by atoms with van der Waals surface area (Å²) in [4.78, 5) is 22.9. The van der Waals surface area contributed by atoms with Crippen molar-refractivity contribution in [1.29, 1.82) is 0 Å². The molecule has 27 heavy (non-hydrogen) atoms. The minimum absolute atomic E-state index is 0.00970. The number of aromatic nitrogens is 2. The topological polar surface area (TPSA) is 84.2 Å². The van der Waals surface area contributed by atoms with Gasteiger partial charge in [-0.2, -0.15) is 0 Å². The number of imidazole rings is 1. The van der Waals surface area contributed by atoms with Gasteiger partial charge in [-0.15, -0.1) is 0 Å². The van der Waals surface area contributed by atoms with Crippen molar-refractivity contribution in [2.75, 3.05) is 0 Å². The van der Waals surface area contributed by atoms with E-state index < -0.39 is 4.92 Å². The van der Waals surface area contributed by atoms with Gasteiger partial charge in [0.15, 0.2) is 0 Å². The van der Waals surface area contributed by atoms with Crippen LogP contribution < -0.4 is 0 Å². The summed E-state index contributed by atoms with van der Waals surface area (Å²) in [5, 5.41) is 11.0. The second-order valence-corrected chi connectivity index (χ2v) is 6.73. The molecule has 4 rings (SSSR count). The minimum Gasteiger partial charge on any atom is -0.338 e. The number of nitro groups is 1. The summed E-state index contributed by atoms with van der Waals surface area (Å²) >= 11 is 3.18. The normalized spacial score (nSPS) is 11.3. The molecule has 0 aliphatic heterocycles. The van der Waals surface area contributed by atoms with Crippen LogP contribution >= 0.6 is 15.9 Å². The van der Waals surface area contributed by atoms with Gasteiger partial charge in [0.2, 0.25) is 0 Å². The molecule has 0 saturated heterocycles. The van der Waals surface area contributed by atoms with Crippen molar-refractivity contribution in [3.63, 3.8) is 0 Å². The van der Waals surface area contributed by atoms with Crippen molar-refractivity contribution in [3.05, 3.63) is 86.9 Å². The fraction of sp³-hybridized carbons (Fsp3) is 0. The van der Waals surface area contributed by atoms with Crippen molar-refractivity contribution in [1.82, 2.24) is 9.97 Å². The smallest absolute Gasteiger partial charge is 0.284 e. The molecule has 7 heteroatoms. The van der Waals surface area contributed by atoms with Gasteiger partial charge < -0.3 is 4.98 Å². The first kappa shape index (κ1) is 17.1. The van der Waals surface area contributed by atoms with E-state index in [1.165, 1.54) is 6.07 Å². The monoisotopic (exact) mass is 420 g/mol. The molecule has 4 aromatic rings. The van der Waals surface area contributed by atoms with Crippen LogP contribution in [-0.4, -0.2) is 21.1 Å². The summed E-state index contributed by atoms with van der Waals surface area (Å²) < 4.78 is 0.442. The quantitative estimate of drug-likeness (QED) is 0.263. The number of hydrogen-bond donors (Lipinski definition) is 1. The maximum Gasteiger partial charge on any atom is 0.284 e. The number of fused-ring (bicyclic) bond motifs is 1. The molecule has 132 valence electrons. The Morgan fingerprint density at radius 2 is 1.89 bits per heavy atom. The van der Waals surface area contributed by atoms with Crippen LogP contribution in [0.25, 0.3) is 22.4 Å². The lowest BCUT2D eigenvalue weighted by atomic mass is 10.2. The molecule has 0 aliphatic rings. The first-order chi connectivity index (χ1) is 13.1. The Kier molecular flexibility index (Phi) is 4.52. The van der Waals surface area contributed by atoms with Gasteiger partial charge in [-0.3, -0.25) is 15.1 Å². The third kappa shape index (κ3) is 3.63. The zero-order valence-corrected chi connectivity index (χ0v) is 15.6.